The van der Waals surface area contributed by atoms with Gasteiger partial charge in [0.2, 0.25) is 5.91 Å². The van der Waals surface area contributed by atoms with Crippen LogP contribution in [0.25, 0.3) is 0 Å². The quantitative estimate of drug-likeness (QED) is 0.0806. The van der Waals surface area contributed by atoms with E-state index in [1.807, 2.05) is 6.07 Å². The Morgan fingerprint density at radius 3 is 2.82 bits per heavy atom. The van der Waals surface area contributed by atoms with Gasteiger partial charge < -0.3 is 46.5 Å². The highest BCUT2D eigenvalue weighted by Gasteiger charge is 2.75. The summed E-state index contributed by atoms with van der Waals surface area (Å²) in [6, 6.07) is 3.28. The first-order chi connectivity index (χ1) is 20.9. The van der Waals surface area contributed by atoms with Crippen LogP contribution in [0.5, 0.6) is 11.5 Å². The number of ether oxygens (including phenoxy) is 2. The number of benzene rings is 1. The summed E-state index contributed by atoms with van der Waals surface area (Å²) in [6.45, 7) is 7.34. The molecular formula is C32H48N7O5+. The first-order valence-electron chi connectivity index (χ1n) is 16.0. The smallest absolute Gasteiger partial charge is 0.415 e. The Balaban J connectivity index is 1.14. The minimum Gasteiger partial charge on any atom is -0.481 e. The summed E-state index contributed by atoms with van der Waals surface area (Å²) >= 11 is 0. The number of nitrogens with one attached hydrogen (secondary N) is 1. The molecule has 2 saturated carbocycles. The van der Waals surface area contributed by atoms with Crippen LogP contribution < -0.4 is 32.0 Å². The van der Waals surface area contributed by atoms with E-state index in [0.717, 1.165) is 53.9 Å². The largest absolute Gasteiger partial charge is 0.481 e. The lowest BCUT2D eigenvalue weighted by Gasteiger charge is -2.65. The lowest BCUT2D eigenvalue weighted by molar-refractivity contribution is -0.950. The van der Waals surface area contributed by atoms with Gasteiger partial charge in [-0.3, -0.25) is 9.79 Å². The molecular weight excluding hydrogens is 562 g/mol. The van der Waals surface area contributed by atoms with Crippen LogP contribution in [0.3, 0.4) is 0 Å². The minimum absolute atomic E-state index is 0.00674. The van der Waals surface area contributed by atoms with Crippen molar-refractivity contribution < 1.29 is 28.7 Å². The van der Waals surface area contributed by atoms with Gasteiger partial charge in [-0.15, -0.1) is 0 Å². The second-order valence-corrected chi connectivity index (χ2v) is 13.9. The molecule has 5 aliphatic rings. The number of hydrogen-bond acceptors (Lipinski definition) is 7. The number of quaternary nitrogens is 1. The summed E-state index contributed by atoms with van der Waals surface area (Å²) < 4.78 is 13.5. The zero-order valence-electron chi connectivity index (χ0n) is 26.0. The predicted octanol–water partition coefficient (Wildman–Crippen LogP) is 0.879. The van der Waals surface area contributed by atoms with Crippen LogP contribution in [0.4, 0.5) is 4.79 Å². The second kappa shape index (κ2) is 11.2. The molecule has 12 nitrogen and oxygen atoms in total. The topological polar surface area (TPSA) is 179 Å². The average Bonchev–Trinajstić information content (AvgIpc) is 3.71. The van der Waals surface area contributed by atoms with Crippen molar-refractivity contribution in [2.24, 2.45) is 28.1 Å². The summed E-state index contributed by atoms with van der Waals surface area (Å²) in [6.07, 6.45) is 5.66. The fourth-order valence-corrected chi connectivity index (χ4v) is 8.53. The second-order valence-electron chi connectivity index (χ2n) is 13.9. The monoisotopic (exact) mass is 610 g/mol. The van der Waals surface area contributed by atoms with Gasteiger partial charge in [-0.1, -0.05) is 12.6 Å². The molecule has 2 heterocycles. The van der Waals surface area contributed by atoms with Crippen LogP contribution in [-0.4, -0.2) is 103 Å². The third-order valence-electron chi connectivity index (χ3n) is 11.0. The number of likely N-dealkylation sites (N-methyl/N-ethyl adjacent to an activating group) is 2. The van der Waals surface area contributed by atoms with Crippen molar-refractivity contribution >= 4 is 18.0 Å². The minimum atomic E-state index is -0.914. The van der Waals surface area contributed by atoms with E-state index in [-0.39, 0.29) is 37.1 Å². The van der Waals surface area contributed by atoms with Crippen LogP contribution in [0.15, 0.2) is 29.3 Å². The third kappa shape index (κ3) is 5.00. The van der Waals surface area contributed by atoms with E-state index in [0.29, 0.717) is 37.3 Å². The number of nitrogens with zero attached hydrogens (tertiary/aromatic N) is 3. The van der Waals surface area contributed by atoms with E-state index >= 15 is 0 Å². The summed E-state index contributed by atoms with van der Waals surface area (Å²) in [4.78, 5) is 30.8. The molecule has 6 rings (SSSR count). The maximum atomic E-state index is 13.2. The fraction of sp³-hybridized carbons (Fsp3) is 0.656. The normalized spacial score (nSPS) is 31.8. The molecule has 2 bridgehead atoms. The van der Waals surface area contributed by atoms with E-state index in [4.69, 9.17) is 26.7 Å². The number of guanidine groups is 1. The summed E-state index contributed by atoms with van der Waals surface area (Å²) in [5.41, 5.74) is 18.3. The first-order valence-corrected chi connectivity index (χ1v) is 16.0. The van der Waals surface area contributed by atoms with Crippen LogP contribution in [0.1, 0.15) is 56.1 Å². The van der Waals surface area contributed by atoms with Crippen molar-refractivity contribution in [1.29, 1.82) is 0 Å². The highest BCUT2D eigenvalue weighted by molar-refractivity contribution is 5.81. The van der Waals surface area contributed by atoms with Gasteiger partial charge in [0.25, 0.3) is 0 Å². The maximum Gasteiger partial charge on any atom is 0.415 e. The van der Waals surface area contributed by atoms with E-state index in [2.05, 4.69) is 30.0 Å². The van der Waals surface area contributed by atoms with E-state index < -0.39 is 23.2 Å². The van der Waals surface area contributed by atoms with E-state index in [1.165, 1.54) is 23.3 Å². The number of aliphatic hydroxyl groups is 1. The molecule has 6 atom stereocenters. The van der Waals surface area contributed by atoms with Crippen LogP contribution in [-0.2, 0) is 16.6 Å². The summed E-state index contributed by atoms with van der Waals surface area (Å²) in [7, 11) is 3.96. The lowest BCUT2D eigenvalue weighted by atomic mass is 9.48. The zero-order chi connectivity index (χ0) is 31.4. The highest BCUT2D eigenvalue weighted by atomic mass is 16.6. The SMILES string of the molecule is C=C1CC[C@@]2(O)[C@@H]3Cc4ccc(OC(=O)N(C)CCNC(=O)[C@@H](N)CCCN=C(N)N)c5c4[C@@]2(CC[N+]3(C)CC2CC2)[C@H]1O5. The Morgan fingerprint density at radius 1 is 1.32 bits per heavy atom. The lowest BCUT2D eigenvalue weighted by Crippen LogP contribution is -2.80. The number of nitrogens with two attached hydrogens (primary N) is 3. The molecule has 240 valence electrons. The van der Waals surface area contributed by atoms with Gasteiger partial charge in [-0.25, -0.2) is 4.79 Å². The standard InChI is InChI=1S/C32H47N7O5/c1-19-10-11-32(42)24-17-21-8-9-23(26-25(21)31(32,27(19)44-26)12-16-39(24,3)18-20-6-7-20)43-30(41)38(2)15-14-36-28(40)22(33)5-4-13-37-29(34)35/h8-9,20,22,24,27,42H,1,4-7,10-18,33H2,2-3H3,(H4-,34,35,36,37,40)/p+1/t22-,24-,27-,31-,32+,39?/m0/s1. The van der Waals surface area contributed by atoms with Crippen LogP contribution >= 0.6 is 0 Å². The van der Waals surface area contributed by atoms with Gasteiger partial charge in [0.15, 0.2) is 17.5 Å². The molecule has 8 N–H and O–H groups in total. The van der Waals surface area contributed by atoms with Gasteiger partial charge >= 0.3 is 6.09 Å². The number of carbonyl (C=O) groups is 2. The van der Waals surface area contributed by atoms with Crippen LogP contribution in [0.2, 0.25) is 0 Å². The zero-order valence-corrected chi connectivity index (χ0v) is 26.0. The van der Waals surface area contributed by atoms with Gasteiger partial charge in [0, 0.05) is 51.0 Å². The van der Waals surface area contributed by atoms with Crippen LogP contribution in [0, 0.1) is 5.92 Å². The number of rotatable bonds is 11. The first kappa shape index (κ1) is 30.7. The number of likely N-dealkylation sites (tertiary alicyclic amines) is 1. The molecule has 1 aromatic carbocycles. The molecule has 2 amide bonds. The number of hydrogen-bond donors (Lipinski definition) is 5. The molecule has 44 heavy (non-hydrogen) atoms. The maximum absolute atomic E-state index is 13.2. The Bertz CT molecular complexity index is 1380. The van der Waals surface area contributed by atoms with Gasteiger partial charge in [0.05, 0.1) is 31.6 Å². The highest BCUT2D eigenvalue weighted by Crippen LogP contribution is 2.67. The molecule has 1 saturated heterocycles. The van der Waals surface area contributed by atoms with Gasteiger partial charge in [-0.2, -0.15) is 0 Å². The molecule has 12 heteroatoms. The van der Waals surface area contributed by atoms with Crippen molar-refractivity contribution in [3.05, 3.63) is 35.4 Å². The van der Waals surface area contributed by atoms with Crippen molar-refractivity contribution in [3.63, 3.8) is 0 Å². The predicted molar refractivity (Wildman–Crippen MR) is 166 cm³/mol. The Morgan fingerprint density at radius 2 is 2.09 bits per heavy atom. The fourth-order valence-electron chi connectivity index (χ4n) is 8.53. The average molecular weight is 611 g/mol. The number of aliphatic imine (C=N–C) groups is 1. The molecule has 0 aromatic heterocycles. The van der Waals surface area contributed by atoms with Crippen molar-refractivity contribution in [3.8, 4) is 11.5 Å². The number of amides is 2. The molecule has 1 spiro atoms. The van der Waals surface area contributed by atoms with Gasteiger partial charge in [-0.05, 0) is 55.7 Å². The third-order valence-corrected chi connectivity index (χ3v) is 11.0. The van der Waals surface area contributed by atoms with E-state index in [1.54, 1.807) is 7.05 Å². The van der Waals surface area contributed by atoms with Gasteiger partial charge in [0.1, 0.15) is 17.7 Å². The number of piperidine rings is 1. The van der Waals surface area contributed by atoms with Crippen molar-refractivity contribution in [2.45, 2.75) is 80.6 Å². The summed E-state index contributed by atoms with van der Waals surface area (Å²) in [5, 5.41) is 15.5. The molecule has 1 aromatic rings. The Hall–Kier alpha value is -3.35. The molecule has 3 aliphatic carbocycles. The van der Waals surface area contributed by atoms with Crippen molar-refractivity contribution in [2.75, 3.05) is 46.8 Å². The summed E-state index contributed by atoms with van der Waals surface area (Å²) in [5.74, 6) is 1.37. The molecule has 3 fully saturated rings. The Kier molecular flexibility index (Phi) is 7.82. The van der Waals surface area contributed by atoms with E-state index in [9.17, 15) is 14.7 Å². The van der Waals surface area contributed by atoms with Crippen molar-refractivity contribution in [1.82, 2.24) is 10.2 Å². The molecule has 1 unspecified atom stereocenters. The molecule has 2 aliphatic heterocycles. The molecule has 0 radical (unpaired) electrons. The number of carbonyl (C=O) groups excluding carboxylic acids is 2. The Labute approximate surface area is 259 Å².